The number of aryl methyl sites for hydroxylation is 2. The summed E-state index contributed by atoms with van der Waals surface area (Å²) in [7, 11) is -3.13. The summed E-state index contributed by atoms with van der Waals surface area (Å²) >= 11 is 0. The molecule has 0 atom stereocenters. The van der Waals surface area contributed by atoms with E-state index >= 15 is 0 Å². The average molecular weight is 621 g/mol. The third kappa shape index (κ3) is 7.89. The van der Waals surface area contributed by atoms with Crippen LogP contribution < -0.4 is 27.3 Å². The standard InChI is InChI=1S/C30H36O10S2/c1-18(2)12-13-38-24-11-10-21(16-25(24)39-41(8,31)32)27-26(35-5)17-23(29(36-6)30(27)37-7)22-14-19(3)28(20(4)15-22)40-42(9,33)34/h10-12,14-17H,13H2,1-9H3. The van der Waals surface area contributed by atoms with Crippen molar-refractivity contribution < 1.29 is 44.1 Å². The Kier molecular flexibility index (Phi) is 10.1. The first-order valence-electron chi connectivity index (χ1n) is 12.7. The molecule has 0 aliphatic rings. The van der Waals surface area contributed by atoms with E-state index in [9.17, 15) is 16.8 Å². The summed E-state index contributed by atoms with van der Waals surface area (Å²) in [6.45, 7) is 7.57. The van der Waals surface area contributed by atoms with Crippen molar-refractivity contribution in [2.24, 2.45) is 0 Å². The maximum Gasteiger partial charge on any atom is 0.306 e. The van der Waals surface area contributed by atoms with E-state index in [4.69, 9.17) is 27.3 Å². The predicted molar refractivity (Wildman–Crippen MR) is 162 cm³/mol. The smallest absolute Gasteiger partial charge is 0.306 e. The highest BCUT2D eigenvalue weighted by Gasteiger charge is 2.25. The van der Waals surface area contributed by atoms with E-state index in [0.29, 0.717) is 50.6 Å². The molecule has 0 saturated heterocycles. The zero-order valence-electron chi connectivity index (χ0n) is 25.1. The van der Waals surface area contributed by atoms with E-state index in [1.54, 1.807) is 44.2 Å². The number of rotatable bonds is 12. The van der Waals surface area contributed by atoms with Crippen LogP contribution >= 0.6 is 0 Å². The normalized spacial score (nSPS) is 11.5. The van der Waals surface area contributed by atoms with E-state index in [0.717, 1.165) is 18.1 Å². The third-order valence-electron chi connectivity index (χ3n) is 6.04. The van der Waals surface area contributed by atoms with Gasteiger partial charge >= 0.3 is 20.2 Å². The summed E-state index contributed by atoms with van der Waals surface area (Å²) in [5.74, 6) is 1.59. The van der Waals surface area contributed by atoms with Crippen LogP contribution in [0.1, 0.15) is 25.0 Å². The summed E-state index contributed by atoms with van der Waals surface area (Å²) in [4.78, 5) is 0. The highest BCUT2D eigenvalue weighted by molar-refractivity contribution is 7.86. The molecular weight excluding hydrogens is 584 g/mol. The molecule has 3 rings (SSSR count). The molecular formula is C30H36O10S2. The molecule has 228 valence electrons. The second-order valence-corrected chi connectivity index (χ2v) is 13.0. The van der Waals surface area contributed by atoms with Gasteiger partial charge in [-0.3, -0.25) is 0 Å². The van der Waals surface area contributed by atoms with Gasteiger partial charge in [-0.25, -0.2) is 0 Å². The maximum absolute atomic E-state index is 12.1. The lowest BCUT2D eigenvalue weighted by Crippen LogP contribution is -2.08. The van der Waals surface area contributed by atoms with E-state index in [1.165, 1.54) is 27.4 Å². The highest BCUT2D eigenvalue weighted by atomic mass is 32.2. The van der Waals surface area contributed by atoms with Gasteiger partial charge in [-0.05, 0) is 86.4 Å². The zero-order chi connectivity index (χ0) is 31.4. The lowest BCUT2D eigenvalue weighted by atomic mass is 9.94. The summed E-state index contributed by atoms with van der Waals surface area (Å²) in [6.07, 6.45) is 3.80. The van der Waals surface area contributed by atoms with Crippen molar-refractivity contribution in [1.82, 2.24) is 0 Å². The average Bonchev–Trinajstić information content (AvgIpc) is 2.88. The molecule has 42 heavy (non-hydrogen) atoms. The molecule has 0 radical (unpaired) electrons. The Bertz CT molecular complexity index is 1700. The van der Waals surface area contributed by atoms with Crippen LogP contribution in [0.5, 0.6) is 34.5 Å². The van der Waals surface area contributed by atoms with Gasteiger partial charge in [0.15, 0.2) is 23.0 Å². The molecule has 3 aromatic rings. The van der Waals surface area contributed by atoms with Gasteiger partial charge in [0.1, 0.15) is 18.1 Å². The Labute approximate surface area is 248 Å². The topological polar surface area (TPSA) is 124 Å². The second-order valence-electron chi connectivity index (χ2n) is 9.84. The SMILES string of the molecule is COc1cc(-c2cc(C)c(OS(C)(=O)=O)c(C)c2)c(OC)c(OC)c1-c1ccc(OCC=C(C)C)c(OS(C)(=O)=O)c1. The number of benzene rings is 3. The Morgan fingerprint density at radius 3 is 1.79 bits per heavy atom. The van der Waals surface area contributed by atoms with Gasteiger partial charge in [0.25, 0.3) is 0 Å². The molecule has 0 fully saturated rings. The van der Waals surface area contributed by atoms with Crippen molar-refractivity contribution in [3.05, 3.63) is 59.2 Å². The number of methoxy groups -OCH3 is 3. The largest absolute Gasteiger partial charge is 0.496 e. The number of hydrogen-bond acceptors (Lipinski definition) is 10. The van der Waals surface area contributed by atoms with Crippen LogP contribution in [0.25, 0.3) is 22.3 Å². The van der Waals surface area contributed by atoms with Gasteiger partial charge in [-0.1, -0.05) is 11.6 Å². The van der Waals surface area contributed by atoms with E-state index in [2.05, 4.69) is 0 Å². The van der Waals surface area contributed by atoms with Crippen LogP contribution in [0.4, 0.5) is 0 Å². The van der Waals surface area contributed by atoms with Crippen LogP contribution in [-0.4, -0.2) is 57.3 Å². The lowest BCUT2D eigenvalue weighted by molar-refractivity contribution is 0.347. The third-order valence-corrected chi connectivity index (χ3v) is 6.99. The molecule has 0 amide bonds. The molecule has 0 saturated carbocycles. The zero-order valence-corrected chi connectivity index (χ0v) is 26.8. The number of ether oxygens (including phenoxy) is 4. The van der Waals surface area contributed by atoms with Crippen LogP contribution in [-0.2, 0) is 20.2 Å². The van der Waals surface area contributed by atoms with Crippen LogP contribution in [0.15, 0.2) is 48.0 Å². The molecule has 0 aliphatic heterocycles. The monoisotopic (exact) mass is 620 g/mol. The van der Waals surface area contributed by atoms with Crippen LogP contribution in [0, 0.1) is 13.8 Å². The molecule has 0 bridgehead atoms. The lowest BCUT2D eigenvalue weighted by Gasteiger charge is -2.21. The minimum atomic E-state index is -3.88. The fraction of sp³-hybridized carbons (Fsp3) is 0.333. The van der Waals surface area contributed by atoms with Gasteiger partial charge in [-0.15, -0.1) is 0 Å². The molecule has 0 N–H and O–H groups in total. The molecule has 3 aromatic carbocycles. The van der Waals surface area contributed by atoms with Crippen LogP contribution in [0.3, 0.4) is 0 Å². The molecule has 10 nitrogen and oxygen atoms in total. The summed E-state index contributed by atoms with van der Waals surface area (Å²) in [6, 6.07) is 10.2. The minimum absolute atomic E-state index is 0.00276. The molecule has 0 aromatic heterocycles. The summed E-state index contributed by atoms with van der Waals surface area (Å²) < 4.78 is 81.4. The van der Waals surface area contributed by atoms with E-state index < -0.39 is 20.2 Å². The van der Waals surface area contributed by atoms with Gasteiger partial charge < -0.3 is 27.3 Å². The Morgan fingerprint density at radius 2 is 1.29 bits per heavy atom. The van der Waals surface area contributed by atoms with Gasteiger partial charge in [0.2, 0.25) is 0 Å². The van der Waals surface area contributed by atoms with Crippen molar-refractivity contribution >= 4 is 20.2 Å². The molecule has 0 heterocycles. The Balaban J connectivity index is 2.26. The molecule has 0 unspecified atom stereocenters. The van der Waals surface area contributed by atoms with Gasteiger partial charge in [0, 0.05) is 5.56 Å². The van der Waals surface area contributed by atoms with Crippen LogP contribution in [0.2, 0.25) is 0 Å². The first-order chi connectivity index (χ1) is 19.6. The summed E-state index contributed by atoms with van der Waals surface area (Å²) in [5, 5.41) is 0. The van der Waals surface area contributed by atoms with Gasteiger partial charge in [0.05, 0.1) is 39.4 Å². The molecule has 0 aliphatic carbocycles. The van der Waals surface area contributed by atoms with E-state index in [1.807, 2.05) is 19.9 Å². The van der Waals surface area contributed by atoms with Crippen molar-refractivity contribution in [1.29, 1.82) is 0 Å². The minimum Gasteiger partial charge on any atom is -0.496 e. The molecule has 0 spiro atoms. The fourth-order valence-electron chi connectivity index (χ4n) is 4.36. The van der Waals surface area contributed by atoms with Crippen molar-refractivity contribution in [3.8, 4) is 56.8 Å². The van der Waals surface area contributed by atoms with Crippen molar-refractivity contribution in [3.63, 3.8) is 0 Å². The number of allylic oxidation sites excluding steroid dienone is 1. The molecule has 12 heteroatoms. The predicted octanol–water partition coefficient (Wildman–Crippen LogP) is 5.69. The second kappa shape index (κ2) is 13.0. The first kappa shape index (κ1) is 32.6. The fourth-order valence-corrected chi connectivity index (χ4v) is 5.38. The quantitative estimate of drug-likeness (QED) is 0.184. The first-order valence-corrected chi connectivity index (χ1v) is 16.4. The van der Waals surface area contributed by atoms with Crippen molar-refractivity contribution in [2.45, 2.75) is 27.7 Å². The Hall–Kier alpha value is -3.90. The highest BCUT2D eigenvalue weighted by Crippen LogP contribution is 2.51. The van der Waals surface area contributed by atoms with Crippen molar-refractivity contribution in [2.75, 3.05) is 40.4 Å². The van der Waals surface area contributed by atoms with E-state index in [-0.39, 0.29) is 23.9 Å². The van der Waals surface area contributed by atoms with Gasteiger partial charge in [-0.2, -0.15) is 16.8 Å². The maximum atomic E-state index is 12.1. The Morgan fingerprint density at radius 1 is 0.690 bits per heavy atom. The number of hydrogen-bond donors (Lipinski definition) is 0. The summed E-state index contributed by atoms with van der Waals surface area (Å²) in [5.41, 5.74) is 4.57.